The van der Waals surface area contributed by atoms with Gasteiger partial charge in [0.2, 0.25) is 0 Å². The molecule has 1 aromatic carbocycles. The highest BCUT2D eigenvalue weighted by molar-refractivity contribution is 14.1. The van der Waals surface area contributed by atoms with Gasteiger partial charge in [-0.1, -0.05) is 11.6 Å². The lowest BCUT2D eigenvalue weighted by atomic mass is 10.3. The fourth-order valence-electron chi connectivity index (χ4n) is 0.516. The second kappa shape index (κ2) is 3.28. The van der Waals surface area contributed by atoms with E-state index in [1.165, 1.54) is 0 Å². The maximum atomic E-state index is 9.20. The molecule has 0 bridgehead atoms. The molecule has 1 rings (SSSR count). The molecule has 1 nitrogen and oxygen atoms in total. The Bertz CT molecular complexity index is 237. The van der Waals surface area contributed by atoms with Gasteiger partial charge in [-0.25, -0.2) is 0 Å². The van der Waals surface area contributed by atoms with Gasteiger partial charge in [0.05, 0.1) is 9.50 Å². The monoisotopic (exact) mass is 332 g/mol. The van der Waals surface area contributed by atoms with Gasteiger partial charge in [-0.15, -0.1) is 0 Å². The molecule has 0 unspecified atom stereocenters. The van der Waals surface area contributed by atoms with E-state index in [4.69, 9.17) is 11.6 Å². The molecule has 0 aliphatic rings. The molecule has 0 fully saturated rings. The molecule has 0 spiro atoms. The second-order valence-electron chi connectivity index (χ2n) is 1.69. The highest BCUT2D eigenvalue weighted by Crippen LogP contribution is 2.34. The number of hydrogen-bond acceptors (Lipinski definition) is 1. The molecule has 10 heavy (non-hydrogen) atoms. The molecule has 0 saturated carbocycles. The van der Waals surface area contributed by atoms with Crippen LogP contribution in [0.3, 0.4) is 0 Å². The number of phenols is 1. The normalized spacial score (nSPS) is 9.90. The Kier molecular flexibility index (Phi) is 2.82. The van der Waals surface area contributed by atoms with Gasteiger partial charge < -0.3 is 5.11 Å². The van der Waals surface area contributed by atoms with Crippen molar-refractivity contribution in [3.05, 3.63) is 25.2 Å². The third kappa shape index (κ3) is 1.57. The van der Waals surface area contributed by atoms with Crippen LogP contribution in [-0.2, 0) is 0 Å². The SMILES string of the molecule is Oc1c(Cl)ccc(I)c1Br. The molecule has 0 atom stereocenters. The summed E-state index contributed by atoms with van der Waals surface area (Å²) in [7, 11) is 0. The summed E-state index contributed by atoms with van der Waals surface area (Å²) in [5.41, 5.74) is 0. The smallest absolute Gasteiger partial charge is 0.149 e. The molecule has 0 saturated heterocycles. The highest BCUT2D eigenvalue weighted by Gasteiger charge is 2.05. The van der Waals surface area contributed by atoms with Crippen molar-refractivity contribution in [3.63, 3.8) is 0 Å². The summed E-state index contributed by atoms with van der Waals surface area (Å²) in [6.45, 7) is 0. The average molecular weight is 333 g/mol. The topological polar surface area (TPSA) is 20.2 Å². The van der Waals surface area contributed by atoms with E-state index in [1.807, 2.05) is 6.07 Å². The summed E-state index contributed by atoms with van der Waals surface area (Å²) in [5.74, 6) is 0.105. The van der Waals surface area contributed by atoms with Gasteiger partial charge in [0.25, 0.3) is 0 Å². The molecule has 0 radical (unpaired) electrons. The van der Waals surface area contributed by atoms with E-state index in [-0.39, 0.29) is 5.75 Å². The molecule has 0 aliphatic heterocycles. The number of phenolic OH excluding ortho intramolecular Hbond substituents is 1. The molecule has 0 heterocycles. The Labute approximate surface area is 85.7 Å². The predicted molar refractivity (Wildman–Crippen MR) is 53.5 cm³/mol. The van der Waals surface area contributed by atoms with E-state index in [1.54, 1.807) is 6.07 Å². The van der Waals surface area contributed by atoms with E-state index in [0.29, 0.717) is 9.50 Å². The fraction of sp³-hybridized carbons (Fsp3) is 0. The van der Waals surface area contributed by atoms with Crippen LogP contribution in [0, 0.1) is 3.57 Å². The molecular weight excluding hydrogens is 330 g/mol. The van der Waals surface area contributed by atoms with Crippen LogP contribution in [0.15, 0.2) is 16.6 Å². The van der Waals surface area contributed by atoms with Crippen LogP contribution >= 0.6 is 50.1 Å². The molecule has 1 N–H and O–H groups in total. The summed E-state index contributed by atoms with van der Waals surface area (Å²) in [5, 5.41) is 9.57. The van der Waals surface area contributed by atoms with Crippen molar-refractivity contribution in [1.29, 1.82) is 0 Å². The molecule has 4 heteroatoms. The molecule has 0 amide bonds. The molecule has 0 aliphatic carbocycles. The van der Waals surface area contributed by atoms with Gasteiger partial charge in [0.1, 0.15) is 5.75 Å². The molecule has 0 aromatic heterocycles. The van der Waals surface area contributed by atoms with Crippen LogP contribution in [0.4, 0.5) is 0 Å². The lowest BCUT2D eigenvalue weighted by Crippen LogP contribution is -1.75. The van der Waals surface area contributed by atoms with Gasteiger partial charge in [-0.2, -0.15) is 0 Å². The first-order valence-corrected chi connectivity index (χ1v) is 4.70. The predicted octanol–water partition coefficient (Wildman–Crippen LogP) is 3.41. The minimum Gasteiger partial charge on any atom is -0.505 e. The van der Waals surface area contributed by atoms with Gasteiger partial charge in [0, 0.05) is 3.57 Å². The van der Waals surface area contributed by atoms with Crippen LogP contribution in [0.5, 0.6) is 5.75 Å². The number of benzene rings is 1. The van der Waals surface area contributed by atoms with Crippen LogP contribution in [-0.4, -0.2) is 5.11 Å². The van der Waals surface area contributed by atoms with Crippen molar-refractivity contribution < 1.29 is 5.11 Å². The maximum absolute atomic E-state index is 9.20. The van der Waals surface area contributed by atoms with Crippen LogP contribution in [0.1, 0.15) is 0 Å². The summed E-state index contributed by atoms with van der Waals surface area (Å²) < 4.78 is 1.60. The van der Waals surface area contributed by atoms with Crippen molar-refractivity contribution in [3.8, 4) is 5.75 Å². The van der Waals surface area contributed by atoms with Crippen molar-refractivity contribution in [2.24, 2.45) is 0 Å². The Morgan fingerprint density at radius 2 is 2.10 bits per heavy atom. The Morgan fingerprint density at radius 1 is 1.50 bits per heavy atom. The summed E-state index contributed by atoms with van der Waals surface area (Å²) in [6.07, 6.45) is 0. The van der Waals surface area contributed by atoms with Gasteiger partial charge in [-0.05, 0) is 50.7 Å². The highest BCUT2D eigenvalue weighted by atomic mass is 127. The minimum absolute atomic E-state index is 0.105. The van der Waals surface area contributed by atoms with E-state index < -0.39 is 0 Å². The second-order valence-corrected chi connectivity index (χ2v) is 4.05. The fourth-order valence-corrected chi connectivity index (χ4v) is 1.57. The summed E-state index contributed by atoms with van der Waals surface area (Å²) in [4.78, 5) is 0. The lowest BCUT2D eigenvalue weighted by Gasteiger charge is -2.00. The average Bonchev–Trinajstić information content (AvgIpc) is 1.93. The third-order valence-electron chi connectivity index (χ3n) is 1.02. The molecule has 54 valence electrons. The first-order chi connectivity index (χ1) is 4.63. The van der Waals surface area contributed by atoms with Gasteiger partial charge in [0.15, 0.2) is 0 Å². The number of halogens is 3. The van der Waals surface area contributed by atoms with Crippen molar-refractivity contribution in [1.82, 2.24) is 0 Å². The van der Waals surface area contributed by atoms with Crippen LogP contribution < -0.4 is 0 Å². The number of rotatable bonds is 0. The number of hydrogen-bond donors (Lipinski definition) is 1. The quantitative estimate of drug-likeness (QED) is 0.570. The van der Waals surface area contributed by atoms with Gasteiger partial charge in [-0.3, -0.25) is 0 Å². The van der Waals surface area contributed by atoms with Crippen molar-refractivity contribution >= 4 is 50.1 Å². The largest absolute Gasteiger partial charge is 0.505 e. The zero-order chi connectivity index (χ0) is 7.72. The zero-order valence-corrected chi connectivity index (χ0v) is 9.24. The number of aromatic hydroxyl groups is 1. The Hall–Kier alpha value is 0.520. The lowest BCUT2D eigenvalue weighted by molar-refractivity contribution is 0.471. The summed E-state index contributed by atoms with van der Waals surface area (Å²) >= 11 is 10.9. The zero-order valence-electron chi connectivity index (χ0n) is 4.74. The Balaban J connectivity index is 3.34. The molecule has 1 aromatic rings. The van der Waals surface area contributed by atoms with E-state index in [2.05, 4.69) is 38.5 Å². The van der Waals surface area contributed by atoms with E-state index in [0.717, 1.165) is 3.57 Å². The van der Waals surface area contributed by atoms with Crippen LogP contribution in [0.25, 0.3) is 0 Å². The Morgan fingerprint density at radius 3 is 2.60 bits per heavy atom. The first kappa shape index (κ1) is 8.62. The minimum atomic E-state index is 0.105. The maximum Gasteiger partial charge on any atom is 0.149 e. The molecular formula is C6H3BrClIO. The standard InChI is InChI=1S/C6H3BrClIO/c7-5-4(9)2-1-3(8)6(5)10/h1-2,10H. The van der Waals surface area contributed by atoms with Crippen LogP contribution in [0.2, 0.25) is 5.02 Å². The third-order valence-corrected chi connectivity index (χ3v) is 3.77. The van der Waals surface area contributed by atoms with Crippen molar-refractivity contribution in [2.75, 3.05) is 0 Å². The first-order valence-electron chi connectivity index (χ1n) is 2.45. The van der Waals surface area contributed by atoms with Crippen molar-refractivity contribution in [2.45, 2.75) is 0 Å². The summed E-state index contributed by atoms with van der Waals surface area (Å²) in [6, 6.07) is 3.48. The van der Waals surface area contributed by atoms with E-state index >= 15 is 0 Å². The van der Waals surface area contributed by atoms with Gasteiger partial charge >= 0.3 is 0 Å². The van der Waals surface area contributed by atoms with E-state index in [9.17, 15) is 5.11 Å².